The van der Waals surface area contributed by atoms with E-state index in [1.54, 1.807) is 0 Å². The summed E-state index contributed by atoms with van der Waals surface area (Å²) in [5.74, 6) is 0.724. The molecule has 0 aromatic heterocycles. The highest BCUT2D eigenvalue weighted by molar-refractivity contribution is 4.71. The molecule has 1 heterocycles. The van der Waals surface area contributed by atoms with Gasteiger partial charge in [0.25, 0.3) is 0 Å². The first kappa shape index (κ1) is 11.0. The summed E-state index contributed by atoms with van der Waals surface area (Å²) in [7, 11) is 0. The highest BCUT2D eigenvalue weighted by Gasteiger charge is 2.15. The molecule has 0 bridgehead atoms. The van der Waals surface area contributed by atoms with Gasteiger partial charge >= 0.3 is 0 Å². The van der Waals surface area contributed by atoms with E-state index in [0.717, 1.165) is 32.3 Å². The Kier molecular flexibility index (Phi) is 4.16. The van der Waals surface area contributed by atoms with Gasteiger partial charge in [-0.25, -0.2) is 0 Å². The molecule has 0 aliphatic carbocycles. The lowest BCUT2D eigenvalue weighted by molar-refractivity contribution is 0.185. The van der Waals surface area contributed by atoms with E-state index in [2.05, 4.69) is 31.4 Å². The predicted octanol–water partition coefficient (Wildman–Crippen LogP) is 0.958. The van der Waals surface area contributed by atoms with Crippen LogP contribution in [0.1, 0.15) is 27.2 Å². The molecular weight excluding hydrogens is 164 g/mol. The summed E-state index contributed by atoms with van der Waals surface area (Å²) >= 11 is 0. The van der Waals surface area contributed by atoms with Crippen molar-refractivity contribution in [1.29, 1.82) is 0 Å². The van der Waals surface area contributed by atoms with E-state index in [0.29, 0.717) is 0 Å². The average molecular weight is 186 g/mol. The Morgan fingerprint density at radius 3 is 2.69 bits per heavy atom. The lowest BCUT2D eigenvalue weighted by Crippen LogP contribution is -2.43. The SMILES string of the molecule is CC(C)(C)NCNCC1CCOC1. The minimum absolute atomic E-state index is 0.208. The number of ether oxygens (including phenoxy) is 1. The highest BCUT2D eigenvalue weighted by atomic mass is 16.5. The standard InChI is InChI=1S/C10H22N2O/c1-10(2,3)12-8-11-6-9-4-5-13-7-9/h9,11-12H,4-8H2,1-3H3. The number of hydrogen-bond donors (Lipinski definition) is 2. The van der Waals surface area contributed by atoms with Crippen LogP contribution in [0, 0.1) is 5.92 Å². The molecule has 2 N–H and O–H groups in total. The fourth-order valence-electron chi connectivity index (χ4n) is 1.35. The zero-order valence-electron chi connectivity index (χ0n) is 9.02. The molecule has 1 atom stereocenters. The summed E-state index contributed by atoms with van der Waals surface area (Å²) in [4.78, 5) is 0. The molecule has 0 saturated carbocycles. The highest BCUT2D eigenvalue weighted by Crippen LogP contribution is 2.10. The van der Waals surface area contributed by atoms with E-state index in [9.17, 15) is 0 Å². The molecule has 0 radical (unpaired) electrons. The summed E-state index contributed by atoms with van der Waals surface area (Å²) in [6, 6.07) is 0. The normalized spacial score (nSPS) is 23.8. The first-order valence-corrected chi connectivity index (χ1v) is 5.11. The van der Waals surface area contributed by atoms with Crippen molar-refractivity contribution in [3.63, 3.8) is 0 Å². The molecule has 1 fully saturated rings. The second-order valence-electron chi connectivity index (χ2n) is 4.79. The van der Waals surface area contributed by atoms with Gasteiger partial charge in [-0.05, 0) is 33.1 Å². The molecule has 13 heavy (non-hydrogen) atoms. The Balaban J connectivity index is 1.94. The van der Waals surface area contributed by atoms with Crippen molar-refractivity contribution in [3.05, 3.63) is 0 Å². The number of nitrogens with one attached hydrogen (secondary N) is 2. The zero-order valence-corrected chi connectivity index (χ0v) is 9.02. The van der Waals surface area contributed by atoms with Crippen LogP contribution in [-0.2, 0) is 4.74 Å². The van der Waals surface area contributed by atoms with Crippen molar-refractivity contribution >= 4 is 0 Å². The first-order chi connectivity index (χ1) is 6.08. The maximum Gasteiger partial charge on any atom is 0.0507 e. The van der Waals surface area contributed by atoms with Gasteiger partial charge in [-0.15, -0.1) is 0 Å². The van der Waals surface area contributed by atoms with E-state index in [-0.39, 0.29) is 5.54 Å². The van der Waals surface area contributed by atoms with Crippen molar-refractivity contribution in [3.8, 4) is 0 Å². The lowest BCUT2D eigenvalue weighted by atomic mass is 10.1. The molecule has 3 heteroatoms. The number of rotatable bonds is 4. The minimum Gasteiger partial charge on any atom is -0.381 e. The molecule has 1 saturated heterocycles. The van der Waals surface area contributed by atoms with Crippen LogP contribution in [0.4, 0.5) is 0 Å². The van der Waals surface area contributed by atoms with Crippen LogP contribution in [0.25, 0.3) is 0 Å². The summed E-state index contributed by atoms with van der Waals surface area (Å²) in [5, 5.41) is 6.79. The van der Waals surface area contributed by atoms with Crippen LogP contribution in [0.5, 0.6) is 0 Å². The summed E-state index contributed by atoms with van der Waals surface area (Å²) < 4.78 is 5.29. The quantitative estimate of drug-likeness (QED) is 0.507. The van der Waals surface area contributed by atoms with Gasteiger partial charge < -0.3 is 10.1 Å². The van der Waals surface area contributed by atoms with Crippen LogP contribution in [0.15, 0.2) is 0 Å². The molecule has 0 aromatic carbocycles. The van der Waals surface area contributed by atoms with E-state index in [1.807, 2.05) is 0 Å². The minimum atomic E-state index is 0.208. The second-order valence-corrected chi connectivity index (χ2v) is 4.79. The molecule has 1 aliphatic rings. The van der Waals surface area contributed by atoms with Gasteiger partial charge in [-0.2, -0.15) is 0 Å². The summed E-state index contributed by atoms with van der Waals surface area (Å²) in [6.07, 6.45) is 1.21. The monoisotopic (exact) mass is 186 g/mol. The van der Waals surface area contributed by atoms with Gasteiger partial charge in [-0.1, -0.05) is 0 Å². The first-order valence-electron chi connectivity index (χ1n) is 5.11. The summed E-state index contributed by atoms with van der Waals surface area (Å²) in [6.45, 7) is 10.4. The molecular formula is C10H22N2O. The van der Waals surface area contributed by atoms with Crippen molar-refractivity contribution in [2.45, 2.75) is 32.7 Å². The van der Waals surface area contributed by atoms with E-state index in [4.69, 9.17) is 4.74 Å². The third-order valence-electron chi connectivity index (χ3n) is 2.20. The fourth-order valence-corrected chi connectivity index (χ4v) is 1.35. The summed E-state index contributed by atoms with van der Waals surface area (Å²) in [5.41, 5.74) is 0.208. The number of hydrogen-bond acceptors (Lipinski definition) is 3. The van der Waals surface area contributed by atoms with Crippen LogP contribution in [0.2, 0.25) is 0 Å². The smallest absolute Gasteiger partial charge is 0.0507 e. The van der Waals surface area contributed by atoms with Crippen LogP contribution < -0.4 is 10.6 Å². The zero-order chi connectivity index (χ0) is 9.73. The van der Waals surface area contributed by atoms with E-state index < -0.39 is 0 Å². The Hall–Kier alpha value is -0.120. The molecule has 0 spiro atoms. The Morgan fingerprint density at radius 2 is 2.15 bits per heavy atom. The fraction of sp³-hybridized carbons (Fsp3) is 1.00. The van der Waals surface area contributed by atoms with Crippen molar-refractivity contribution < 1.29 is 4.74 Å². The molecule has 78 valence electrons. The van der Waals surface area contributed by atoms with Crippen molar-refractivity contribution in [2.75, 3.05) is 26.4 Å². The van der Waals surface area contributed by atoms with Gasteiger partial charge in [0.2, 0.25) is 0 Å². The van der Waals surface area contributed by atoms with Gasteiger partial charge in [0.05, 0.1) is 6.61 Å². The molecule has 1 rings (SSSR count). The van der Waals surface area contributed by atoms with Crippen molar-refractivity contribution in [1.82, 2.24) is 10.6 Å². The van der Waals surface area contributed by atoms with Gasteiger partial charge in [0.1, 0.15) is 0 Å². The largest absolute Gasteiger partial charge is 0.381 e. The Labute approximate surface area is 81.2 Å². The Bertz CT molecular complexity index is 136. The van der Waals surface area contributed by atoms with E-state index >= 15 is 0 Å². The average Bonchev–Trinajstić information content (AvgIpc) is 2.48. The van der Waals surface area contributed by atoms with Gasteiger partial charge in [-0.3, -0.25) is 5.32 Å². The van der Waals surface area contributed by atoms with Gasteiger partial charge in [0, 0.05) is 25.4 Å². The van der Waals surface area contributed by atoms with E-state index in [1.165, 1.54) is 6.42 Å². The lowest BCUT2D eigenvalue weighted by Gasteiger charge is -2.21. The van der Waals surface area contributed by atoms with Gasteiger partial charge in [0.15, 0.2) is 0 Å². The molecule has 3 nitrogen and oxygen atoms in total. The third kappa shape index (κ3) is 5.24. The maximum atomic E-state index is 5.29. The van der Waals surface area contributed by atoms with Crippen LogP contribution >= 0.6 is 0 Å². The van der Waals surface area contributed by atoms with Crippen LogP contribution in [-0.4, -0.2) is 32.0 Å². The maximum absolute atomic E-state index is 5.29. The molecule has 1 unspecified atom stereocenters. The van der Waals surface area contributed by atoms with Crippen molar-refractivity contribution in [2.24, 2.45) is 5.92 Å². The Morgan fingerprint density at radius 1 is 1.38 bits per heavy atom. The third-order valence-corrected chi connectivity index (χ3v) is 2.20. The topological polar surface area (TPSA) is 33.3 Å². The second kappa shape index (κ2) is 4.94. The predicted molar refractivity (Wildman–Crippen MR) is 54.7 cm³/mol. The molecule has 1 aliphatic heterocycles. The molecule has 0 aromatic rings. The van der Waals surface area contributed by atoms with Crippen LogP contribution in [0.3, 0.4) is 0 Å². The molecule has 0 amide bonds.